The number of carbonyl (C=O) groups is 9. The predicted molar refractivity (Wildman–Crippen MR) is 248 cm³/mol. The third-order valence-electron chi connectivity index (χ3n) is 9.50. The number of amides is 6. The quantitative estimate of drug-likeness (QED) is 0.0184. The summed E-state index contributed by atoms with van der Waals surface area (Å²) in [5.41, 5.74) is 1.42. The lowest BCUT2D eigenvalue weighted by atomic mass is 10.1. The molecule has 0 aliphatic heterocycles. The van der Waals surface area contributed by atoms with E-state index in [1.54, 1.807) is 17.0 Å². The van der Waals surface area contributed by atoms with E-state index in [0.29, 0.717) is 24.9 Å². The number of hydrogen-bond acceptors (Lipinski definition) is 17. The second kappa shape index (κ2) is 36.9. The number of carboxylic acids is 3. The van der Waals surface area contributed by atoms with Crippen LogP contribution in [0.3, 0.4) is 0 Å². The van der Waals surface area contributed by atoms with Crippen molar-refractivity contribution in [3.63, 3.8) is 0 Å². The summed E-state index contributed by atoms with van der Waals surface area (Å²) in [4.78, 5) is 110. The van der Waals surface area contributed by atoms with Gasteiger partial charge in [-0.25, -0.2) is 22.8 Å². The Bertz CT molecular complexity index is 1910. The summed E-state index contributed by atoms with van der Waals surface area (Å²) >= 11 is 0. The number of nitrogens with two attached hydrogens (primary N) is 1. The molecule has 13 N–H and O–H groups in total. The fourth-order valence-electron chi connectivity index (χ4n) is 5.80. The largest absolute Gasteiger partial charge is 0.480 e. The van der Waals surface area contributed by atoms with Crippen molar-refractivity contribution in [2.75, 3.05) is 90.1 Å². The lowest BCUT2D eigenvalue weighted by molar-refractivity contribution is -0.144. The van der Waals surface area contributed by atoms with Gasteiger partial charge in [-0.2, -0.15) is 4.83 Å². The molecule has 0 aromatic heterocycles. The number of ether oxygens (including phenoxy) is 4. The lowest BCUT2D eigenvalue weighted by Crippen LogP contribution is -2.45. The van der Waals surface area contributed by atoms with Crippen LogP contribution < -0.4 is 47.9 Å². The Kier molecular flexibility index (Phi) is 32.6. The van der Waals surface area contributed by atoms with Gasteiger partial charge in [0.2, 0.25) is 39.6 Å². The Morgan fingerprint density at radius 1 is 0.543 bits per heavy atom. The molecule has 0 aliphatic rings. The SMILES string of the molecule is CCCNc1ccc(C(=O)NCCCCC(NC(=O)COCCOCCNC(=O)CCC(NC(=O)CCC(NC(=O)COCCOCCNC(=O)CCCS(=O)(=O)NN)C(=O)O)C(=O)O)C(=O)O)cc1. The van der Waals surface area contributed by atoms with Crippen molar-refractivity contribution in [2.24, 2.45) is 5.84 Å². The molecule has 0 aliphatic carbocycles. The van der Waals surface area contributed by atoms with Crippen LogP contribution in [0, 0.1) is 0 Å². The number of unbranched alkanes of at least 4 members (excludes halogenated alkanes) is 1. The van der Waals surface area contributed by atoms with Crippen LogP contribution in [0.25, 0.3) is 0 Å². The molecule has 0 heterocycles. The third kappa shape index (κ3) is 31.2. The number of benzene rings is 1. The minimum Gasteiger partial charge on any atom is -0.480 e. The zero-order valence-corrected chi connectivity index (χ0v) is 40.1. The molecule has 3 unspecified atom stereocenters. The smallest absolute Gasteiger partial charge is 0.326 e. The van der Waals surface area contributed by atoms with E-state index in [0.717, 1.165) is 18.7 Å². The summed E-state index contributed by atoms with van der Waals surface area (Å²) in [7, 11) is -3.62. The highest BCUT2D eigenvalue weighted by Crippen LogP contribution is 2.10. The van der Waals surface area contributed by atoms with Gasteiger partial charge < -0.3 is 71.5 Å². The molecule has 28 heteroatoms. The topological polar surface area (TPSA) is 408 Å². The molecule has 0 bridgehead atoms. The molecule has 396 valence electrons. The van der Waals surface area contributed by atoms with Gasteiger partial charge in [0.15, 0.2) is 0 Å². The van der Waals surface area contributed by atoms with E-state index in [2.05, 4.69) is 44.1 Å². The molecule has 0 radical (unpaired) electrons. The Hall–Kier alpha value is -6.04. The second-order valence-corrected chi connectivity index (χ2v) is 17.2. The van der Waals surface area contributed by atoms with Crippen molar-refractivity contribution < 1.29 is 85.8 Å². The van der Waals surface area contributed by atoms with Gasteiger partial charge in [-0.1, -0.05) is 6.92 Å². The standard InChI is InChI=1S/C42H69N9O18S/c1-2-16-44-30-10-8-29(9-11-30)39(57)47-17-4-3-6-31(40(58)59)49-37(55)27-68-24-23-67-21-19-46-35(53)14-12-32(41(60)61)48-36(54)15-13-33(42(62)63)50-38(56)28-69-25-22-66-20-18-45-34(52)7-5-26-70(64,65)51-43/h8-11,31-33,44,51H,2-7,12-28,43H2,1H3,(H,45,52)(H,46,53)(H,47,57)(H,48,54)(H,49,55)(H,50,56)(H,58,59)(H,60,61)(H,62,63). The zero-order chi connectivity index (χ0) is 52.2. The summed E-state index contributed by atoms with van der Waals surface area (Å²) < 4.78 is 43.4. The van der Waals surface area contributed by atoms with E-state index < -0.39 is 95.7 Å². The molecule has 1 aromatic carbocycles. The van der Waals surface area contributed by atoms with Crippen LogP contribution in [0.5, 0.6) is 0 Å². The number of carboxylic acid groups (broad SMARTS) is 3. The van der Waals surface area contributed by atoms with Crippen molar-refractivity contribution in [1.82, 2.24) is 36.7 Å². The van der Waals surface area contributed by atoms with Gasteiger partial charge in [0.25, 0.3) is 5.91 Å². The summed E-state index contributed by atoms with van der Waals surface area (Å²) in [6.07, 6.45) is 0.592. The average molecular weight is 1020 g/mol. The van der Waals surface area contributed by atoms with Crippen LogP contribution in [0.15, 0.2) is 24.3 Å². The highest BCUT2D eigenvalue weighted by Gasteiger charge is 2.25. The fraction of sp³-hybridized carbons (Fsp3) is 0.643. The van der Waals surface area contributed by atoms with E-state index in [9.17, 15) is 66.9 Å². The number of rotatable bonds is 42. The molecule has 1 rings (SSSR count). The molecular weight excluding hydrogens is 951 g/mol. The van der Waals surface area contributed by atoms with E-state index in [4.69, 9.17) is 24.8 Å². The van der Waals surface area contributed by atoms with Crippen LogP contribution in [0.1, 0.15) is 81.5 Å². The maximum atomic E-state index is 12.5. The van der Waals surface area contributed by atoms with Crippen molar-refractivity contribution in [1.29, 1.82) is 0 Å². The van der Waals surface area contributed by atoms with E-state index in [1.807, 2.05) is 12.1 Å². The van der Waals surface area contributed by atoms with Gasteiger partial charge in [-0.05, 0) is 69.2 Å². The van der Waals surface area contributed by atoms with Crippen LogP contribution in [0.4, 0.5) is 5.69 Å². The first-order valence-electron chi connectivity index (χ1n) is 22.6. The van der Waals surface area contributed by atoms with Crippen molar-refractivity contribution >= 4 is 69.1 Å². The molecule has 1 aromatic rings. The first-order valence-corrected chi connectivity index (χ1v) is 24.3. The van der Waals surface area contributed by atoms with E-state index >= 15 is 0 Å². The Labute approximate surface area is 405 Å². The highest BCUT2D eigenvalue weighted by atomic mass is 32.2. The molecule has 27 nitrogen and oxygen atoms in total. The third-order valence-corrected chi connectivity index (χ3v) is 10.7. The van der Waals surface area contributed by atoms with Gasteiger partial charge in [0.05, 0.1) is 45.4 Å². The molecule has 0 saturated carbocycles. The number of aliphatic carboxylic acids is 3. The average Bonchev–Trinajstić information content (AvgIpc) is 3.31. The lowest BCUT2D eigenvalue weighted by Gasteiger charge is -2.17. The molecular formula is C42H69N9O18S. The molecule has 0 saturated heterocycles. The maximum Gasteiger partial charge on any atom is 0.326 e. The molecule has 6 amide bonds. The number of hydrazine groups is 1. The first-order chi connectivity index (χ1) is 33.4. The summed E-state index contributed by atoms with van der Waals surface area (Å²) in [6, 6.07) is 2.93. The summed E-state index contributed by atoms with van der Waals surface area (Å²) in [5, 5.41) is 46.5. The van der Waals surface area contributed by atoms with Crippen LogP contribution in [-0.2, 0) is 67.3 Å². The minimum atomic E-state index is -3.62. The maximum absolute atomic E-state index is 12.5. The predicted octanol–water partition coefficient (Wildman–Crippen LogP) is -2.45. The molecule has 0 spiro atoms. The van der Waals surface area contributed by atoms with Gasteiger partial charge in [0, 0.05) is 56.7 Å². The van der Waals surface area contributed by atoms with Crippen LogP contribution in [-0.4, -0.2) is 180 Å². The van der Waals surface area contributed by atoms with Crippen molar-refractivity contribution in [3.05, 3.63) is 29.8 Å². The molecule has 3 atom stereocenters. The zero-order valence-electron chi connectivity index (χ0n) is 39.3. The first kappa shape index (κ1) is 62.0. The fourth-order valence-corrected chi connectivity index (χ4v) is 6.44. The van der Waals surface area contributed by atoms with E-state index in [1.165, 1.54) is 0 Å². The van der Waals surface area contributed by atoms with Gasteiger partial charge >= 0.3 is 17.9 Å². The van der Waals surface area contributed by atoms with Gasteiger partial charge in [0.1, 0.15) is 31.3 Å². The molecule has 70 heavy (non-hydrogen) atoms. The number of nitrogens with one attached hydrogen (secondary N) is 8. The summed E-state index contributed by atoms with van der Waals surface area (Å²) in [6.45, 7) is 2.49. The number of carbonyl (C=O) groups excluding carboxylic acids is 6. The Morgan fingerprint density at radius 3 is 1.51 bits per heavy atom. The second-order valence-electron chi connectivity index (χ2n) is 15.3. The minimum absolute atomic E-state index is 0.0231. The number of hydrogen-bond donors (Lipinski definition) is 12. The Balaban J connectivity index is 2.20. The van der Waals surface area contributed by atoms with Crippen LogP contribution >= 0.6 is 0 Å². The monoisotopic (exact) mass is 1020 g/mol. The van der Waals surface area contributed by atoms with Gasteiger partial charge in [-0.15, -0.1) is 0 Å². The van der Waals surface area contributed by atoms with Gasteiger partial charge in [-0.3, -0.25) is 34.6 Å². The van der Waals surface area contributed by atoms with Crippen molar-refractivity contribution in [2.45, 2.75) is 89.3 Å². The number of anilines is 1. The van der Waals surface area contributed by atoms with Crippen molar-refractivity contribution in [3.8, 4) is 0 Å². The molecule has 0 fully saturated rings. The van der Waals surface area contributed by atoms with E-state index in [-0.39, 0.29) is 102 Å². The van der Waals surface area contributed by atoms with Crippen LogP contribution in [0.2, 0.25) is 0 Å². The number of sulfonamides is 1. The summed E-state index contributed by atoms with van der Waals surface area (Å²) in [5.74, 6) is -3.03. The normalized spacial score (nSPS) is 12.4. The Morgan fingerprint density at radius 2 is 1.01 bits per heavy atom. The highest BCUT2D eigenvalue weighted by molar-refractivity contribution is 7.89.